The van der Waals surface area contributed by atoms with E-state index in [1.54, 1.807) is 16.7 Å². The molecule has 0 saturated carbocycles. The van der Waals surface area contributed by atoms with Crippen molar-refractivity contribution in [3.05, 3.63) is 24.3 Å². The van der Waals surface area contributed by atoms with Crippen LogP contribution in [0.25, 0.3) is 0 Å². The first kappa shape index (κ1) is 27.2. The first-order chi connectivity index (χ1) is 16.9. The summed E-state index contributed by atoms with van der Waals surface area (Å²) in [6, 6.07) is -0.649. The van der Waals surface area contributed by atoms with Gasteiger partial charge in [0, 0.05) is 30.5 Å². The molecule has 5 atom stereocenters. The molecule has 4 aliphatic rings. The maximum absolute atomic E-state index is 14.5. The number of ether oxygens (including phenoxy) is 1. The zero-order chi connectivity index (χ0) is 26.3. The second-order valence-corrected chi connectivity index (χ2v) is 14.0. The Morgan fingerprint density at radius 2 is 1.78 bits per heavy atom. The van der Waals surface area contributed by atoms with Gasteiger partial charge in [-0.15, -0.1) is 11.8 Å². The van der Waals surface area contributed by atoms with Gasteiger partial charge in [0.2, 0.25) is 11.8 Å². The van der Waals surface area contributed by atoms with Crippen LogP contribution in [0.3, 0.4) is 0 Å². The maximum Gasteiger partial charge on any atom is 0.311 e. The smallest absolute Gasteiger partial charge is 0.311 e. The molecule has 0 bridgehead atoms. The summed E-state index contributed by atoms with van der Waals surface area (Å²) in [4.78, 5) is 45.3. The van der Waals surface area contributed by atoms with Gasteiger partial charge < -0.3 is 19.6 Å². The van der Waals surface area contributed by atoms with Gasteiger partial charge in [-0.25, -0.2) is 0 Å². The molecule has 0 radical (unpaired) electrons. The Kier molecular flexibility index (Phi) is 7.69. The summed E-state index contributed by atoms with van der Waals surface area (Å²) in [6.07, 6.45) is 12.0. The zero-order valence-electron chi connectivity index (χ0n) is 22.4. The fraction of sp³-hybridized carbons (Fsp3) is 0.750. The van der Waals surface area contributed by atoms with Crippen LogP contribution < -0.4 is 0 Å². The first-order valence-electron chi connectivity index (χ1n) is 13.3. The van der Waals surface area contributed by atoms with Crippen molar-refractivity contribution in [1.29, 1.82) is 0 Å². The molecule has 4 aliphatic heterocycles. The molecule has 1 unspecified atom stereocenters. The number of hydrogen-bond donors (Lipinski definition) is 1. The molecule has 2 saturated heterocycles. The van der Waals surface area contributed by atoms with Crippen LogP contribution in [0.15, 0.2) is 24.3 Å². The number of hydrogen-bond acceptors (Lipinski definition) is 6. The molecular formula is C28H42N2O5S. The van der Waals surface area contributed by atoms with Gasteiger partial charge >= 0.3 is 5.97 Å². The number of cyclic esters (lactones) is 1. The standard InChI is InChI=1S/C28H42N2O5S/c1-26(2,3)18-27(4,5)30-15-11-13-28-21(20-19(36-28)12-10-17-35-25(20)34)23(32)29(22(28)24(30)33)14-8-6-7-9-16-31/h10-13,19-22,31H,6-9,14-18H2,1-5H3/t19-,20+,21+,22?,28+/m1/s1. The molecule has 0 aliphatic carbocycles. The Hall–Kier alpha value is -1.80. The normalized spacial score (nSPS) is 32.2. The Balaban J connectivity index is 1.72. The molecule has 200 valence electrons. The van der Waals surface area contributed by atoms with Crippen LogP contribution in [0.5, 0.6) is 0 Å². The Labute approximate surface area is 219 Å². The van der Waals surface area contributed by atoms with Crippen molar-refractivity contribution in [2.75, 3.05) is 26.3 Å². The number of aliphatic hydroxyl groups is 1. The molecule has 2 fully saturated rings. The van der Waals surface area contributed by atoms with Crippen molar-refractivity contribution < 1.29 is 24.2 Å². The number of esters is 1. The van der Waals surface area contributed by atoms with Crippen molar-refractivity contribution in [3.63, 3.8) is 0 Å². The van der Waals surface area contributed by atoms with Gasteiger partial charge in [-0.3, -0.25) is 14.4 Å². The minimum Gasteiger partial charge on any atom is -0.461 e. The molecular weight excluding hydrogens is 476 g/mol. The molecule has 1 N–H and O–H groups in total. The molecule has 7 nitrogen and oxygen atoms in total. The summed E-state index contributed by atoms with van der Waals surface area (Å²) in [5.41, 5.74) is -0.368. The van der Waals surface area contributed by atoms with Gasteiger partial charge in [0.1, 0.15) is 12.6 Å². The fourth-order valence-electron chi connectivity index (χ4n) is 6.89. The molecule has 2 amide bonds. The van der Waals surface area contributed by atoms with Crippen molar-refractivity contribution >= 4 is 29.5 Å². The van der Waals surface area contributed by atoms with Crippen LogP contribution in [0.2, 0.25) is 0 Å². The number of thioether (sulfide) groups is 1. The van der Waals surface area contributed by atoms with Crippen molar-refractivity contribution in [2.24, 2.45) is 17.3 Å². The second-order valence-electron chi connectivity index (χ2n) is 12.5. The van der Waals surface area contributed by atoms with Gasteiger partial charge in [-0.2, -0.15) is 0 Å². The van der Waals surface area contributed by atoms with Crippen LogP contribution in [-0.4, -0.2) is 80.6 Å². The lowest BCUT2D eigenvalue weighted by Gasteiger charge is -2.44. The number of nitrogens with zero attached hydrogens (tertiary/aromatic N) is 2. The number of likely N-dealkylation sites (tertiary alicyclic amines) is 1. The highest BCUT2D eigenvalue weighted by atomic mass is 32.2. The highest BCUT2D eigenvalue weighted by Crippen LogP contribution is 2.61. The van der Waals surface area contributed by atoms with Crippen LogP contribution in [-0.2, 0) is 19.1 Å². The summed E-state index contributed by atoms with van der Waals surface area (Å²) in [5, 5.41) is 8.93. The highest BCUT2D eigenvalue weighted by Gasteiger charge is 2.71. The summed E-state index contributed by atoms with van der Waals surface area (Å²) in [5.74, 6) is -1.68. The molecule has 36 heavy (non-hydrogen) atoms. The average Bonchev–Trinajstić information content (AvgIpc) is 3.05. The molecule has 0 aromatic carbocycles. The van der Waals surface area contributed by atoms with Crippen LogP contribution in [0.4, 0.5) is 0 Å². The minimum absolute atomic E-state index is 0.0261. The van der Waals surface area contributed by atoms with E-state index in [2.05, 4.69) is 40.7 Å². The number of amides is 2. The number of carbonyl (C=O) groups excluding carboxylic acids is 3. The first-order valence-corrected chi connectivity index (χ1v) is 14.2. The van der Waals surface area contributed by atoms with Gasteiger partial charge in [-0.1, -0.05) is 57.9 Å². The van der Waals surface area contributed by atoms with Crippen molar-refractivity contribution in [1.82, 2.24) is 9.80 Å². The van der Waals surface area contributed by atoms with Crippen molar-refractivity contribution in [2.45, 2.75) is 88.3 Å². The quantitative estimate of drug-likeness (QED) is 0.300. The molecule has 1 spiro atoms. The van der Waals surface area contributed by atoms with Crippen LogP contribution in [0.1, 0.15) is 66.7 Å². The highest BCUT2D eigenvalue weighted by molar-refractivity contribution is 8.02. The predicted octanol–water partition coefficient (Wildman–Crippen LogP) is 3.56. The Bertz CT molecular complexity index is 939. The number of unbranched alkanes of at least 4 members (excludes halogenated alkanes) is 3. The van der Waals surface area contributed by atoms with E-state index >= 15 is 0 Å². The van der Waals surface area contributed by atoms with E-state index in [0.29, 0.717) is 13.1 Å². The molecule has 0 aromatic heterocycles. The third kappa shape index (κ3) is 4.87. The third-order valence-electron chi connectivity index (χ3n) is 7.91. The summed E-state index contributed by atoms with van der Waals surface area (Å²) in [6.45, 7) is 12.1. The maximum atomic E-state index is 14.5. The van der Waals surface area contributed by atoms with Gasteiger partial charge in [-0.05, 0) is 38.5 Å². The van der Waals surface area contributed by atoms with E-state index in [9.17, 15) is 14.4 Å². The number of carbonyl (C=O) groups is 3. The van der Waals surface area contributed by atoms with Gasteiger partial charge in [0.05, 0.1) is 16.6 Å². The van der Waals surface area contributed by atoms with Gasteiger partial charge in [0.15, 0.2) is 0 Å². The van der Waals surface area contributed by atoms with E-state index in [1.165, 1.54) is 0 Å². The van der Waals surface area contributed by atoms with Crippen molar-refractivity contribution in [3.8, 4) is 0 Å². The number of aliphatic hydroxyl groups excluding tert-OH is 1. The fourth-order valence-corrected chi connectivity index (χ4v) is 8.90. The molecule has 8 heteroatoms. The Morgan fingerprint density at radius 1 is 1.06 bits per heavy atom. The number of fused-ring (bicyclic) bond motifs is 2. The summed E-state index contributed by atoms with van der Waals surface area (Å²) in [7, 11) is 0. The summed E-state index contributed by atoms with van der Waals surface area (Å²) >= 11 is 1.59. The second kappa shape index (κ2) is 10.2. The average molecular weight is 519 g/mol. The topological polar surface area (TPSA) is 87.2 Å². The number of rotatable bonds is 8. The van der Waals surface area contributed by atoms with Crippen LogP contribution in [0, 0.1) is 17.3 Å². The van der Waals surface area contributed by atoms with Gasteiger partial charge in [0.25, 0.3) is 0 Å². The molecule has 4 rings (SSSR count). The SMILES string of the molecule is CC(C)(C)CC(C)(C)N1CC=C[C@]23S[C@@H]4C=CCOC(=O)[C@@H]4[C@H]2C(=O)N(CCCCCCO)C3C1=O. The monoisotopic (exact) mass is 518 g/mol. The largest absolute Gasteiger partial charge is 0.461 e. The third-order valence-corrected chi connectivity index (χ3v) is 9.66. The lowest BCUT2D eigenvalue weighted by molar-refractivity contribution is -0.151. The summed E-state index contributed by atoms with van der Waals surface area (Å²) < 4.78 is 4.66. The van der Waals surface area contributed by atoms with E-state index in [-0.39, 0.29) is 41.7 Å². The van der Waals surface area contributed by atoms with E-state index in [1.807, 2.05) is 23.1 Å². The van der Waals surface area contributed by atoms with E-state index in [0.717, 1.165) is 32.1 Å². The minimum atomic E-state index is -0.790. The van der Waals surface area contributed by atoms with Crippen LogP contribution >= 0.6 is 11.8 Å². The Morgan fingerprint density at radius 3 is 2.47 bits per heavy atom. The molecule has 0 aromatic rings. The predicted molar refractivity (Wildman–Crippen MR) is 141 cm³/mol. The lowest BCUT2D eigenvalue weighted by atomic mass is 9.78. The molecule has 4 heterocycles. The van der Waals surface area contributed by atoms with E-state index < -0.39 is 28.2 Å². The van der Waals surface area contributed by atoms with E-state index in [4.69, 9.17) is 9.84 Å². The lowest BCUT2D eigenvalue weighted by Crippen LogP contribution is -2.58. The zero-order valence-corrected chi connectivity index (χ0v) is 23.2.